The van der Waals surface area contributed by atoms with Crippen molar-refractivity contribution in [3.05, 3.63) is 99.9 Å². The average Bonchev–Trinajstić information content (AvgIpc) is 3.14. The molecule has 0 saturated carbocycles. The lowest BCUT2D eigenvalue weighted by molar-refractivity contribution is 0.123. The molecule has 0 unspecified atom stereocenters. The van der Waals surface area contributed by atoms with Crippen LogP contribution in [0.25, 0.3) is 21.6 Å². The van der Waals surface area contributed by atoms with Crippen molar-refractivity contribution in [1.29, 1.82) is 0 Å². The van der Waals surface area contributed by atoms with Gasteiger partial charge in [-0.25, -0.2) is 4.79 Å². The first-order chi connectivity index (χ1) is 16.8. The summed E-state index contributed by atoms with van der Waals surface area (Å²) in [6.45, 7) is 6.29. The minimum Gasteiger partial charge on any atom is -0.488 e. The number of benzene rings is 3. The molecule has 0 saturated heterocycles. The van der Waals surface area contributed by atoms with Gasteiger partial charge in [0.25, 0.3) is 0 Å². The van der Waals surface area contributed by atoms with Crippen molar-refractivity contribution in [3.8, 4) is 16.9 Å². The van der Waals surface area contributed by atoms with Crippen LogP contribution in [0, 0.1) is 0 Å². The van der Waals surface area contributed by atoms with Crippen molar-refractivity contribution in [2.75, 3.05) is 13.1 Å². The monoisotopic (exact) mass is 470 g/mol. The molecule has 0 fully saturated rings. The Balaban J connectivity index is 1.61. The Hall–Kier alpha value is -3.96. The Morgan fingerprint density at radius 1 is 1.03 bits per heavy atom. The second-order valence-electron chi connectivity index (χ2n) is 9.79. The van der Waals surface area contributed by atoms with Gasteiger partial charge in [-0.3, -0.25) is 0 Å². The molecule has 0 bridgehead atoms. The zero-order valence-electron chi connectivity index (χ0n) is 20.3. The second-order valence-corrected chi connectivity index (χ2v) is 9.79. The van der Waals surface area contributed by atoms with Crippen molar-refractivity contribution in [3.63, 3.8) is 0 Å². The van der Waals surface area contributed by atoms with Crippen molar-refractivity contribution in [2.45, 2.75) is 44.8 Å². The molecule has 0 aromatic heterocycles. The van der Waals surface area contributed by atoms with Crippen molar-refractivity contribution in [1.82, 2.24) is 4.90 Å². The van der Waals surface area contributed by atoms with E-state index < -0.39 is 12.1 Å². The standard InChI is InChI=1S/C28H30N4O3/c1-28(2,3)35-21-14-12-19(13-15-21)16-20(17-30-31-29)32(27(33)34)18-26-24-10-6-4-8-22(24)23-9-5-7-11-25(23)26/h4-15,20,26H,16-18H2,1-3H3,(H,33,34)/t20-/m0/s1. The number of carboxylic acid groups (broad SMARTS) is 1. The topological polar surface area (TPSA) is 98.5 Å². The first-order valence-corrected chi connectivity index (χ1v) is 11.7. The molecule has 3 aromatic carbocycles. The van der Waals surface area contributed by atoms with Gasteiger partial charge in [0.1, 0.15) is 11.4 Å². The fourth-order valence-electron chi connectivity index (χ4n) is 4.76. The zero-order valence-corrected chi connectivity index (χ0v) is 20.3. The fraction of sp³-hybridized carbons (Fsp3) is 0.321. The normalized spacial score (nSPS) is 13.3. The summed E-state index contributed by atoms with van der Waals surface area (Å²) in [6, 6.07) is 23.4. The minimum absolute atomic E-state index is 0.0546. The zero-order chi connectivity index (χ0) is 25.0. The lowest BCUT2D eigenvalue weighted by Gasteiger charge is -2.31. The van der Waals surface area contributed by atoms with Crippen molar-refractivity contribution in [2.24, 2.45) is 5.11 Å². The highest BCUT2D eigenvalue weighted by Crippen LogP contribution is 2.45. The SMILES string of the molecule is CC(C)(C)Oc1ccc(C[C@@H](CN=[N+]=[N-])N(CC2c3ccccc3-c3ccccc32)C(=O)O)cc1. The highest BCUT2D eigenvalue weighted by molar-refractivity contribution is 5.79. The number of azide groups is 1. The number of amides is 1. The smallest absolute Gasteiger partial charge is 0.407 e. The molecule has 0 radical (unpaired) electrons. The minimum atomic E-state index is -1.03. The first kappa shape index (κ1) is 24.2. The average molecular weight is 471 g/mol. The molecule has 35 heavy (non-hydrogen) atoms. The molecule has 3 aromatic rings. The largest absolute Gasteiger partial charge is 0.488 e. The van der Waals surface area contributed by atoms with Crippen LogP contribution in [0.2, 0.25) is 0 Å². The van der Waals surface area contributed by atoms with Gasteiger partial charge >= 0.3 is 6.09 Å². The van der Waals surface area contributed by atoms with Gasteiger partial charge in [-0.15, -0.1) is 0 Å². The van der Waals surface area contributed by atoms with Gasteiger partial charge in [-0.1, -0.05) is 65.8 Å². The highest BCUT2D eigenvalue weighted by atomic mass is 16.5. The summed E-state index contributed by atoms with van der Waals surface area (Å²) in [4.78, 5) is 16.8. The summed E-state index contributed by atoms with van der Waals surface area (Å²) in [7, 11) is 0. The quantitative estimate of drug-likeness (QED) is 0.221. The van der Waals surface area contributed by atoms with E-state index in [-0.39, 0.29) is 24.6 Å². The molecule has 1 aliphatic rings. The molecule has 1 N–H and O–H groups in total. The predicted octanol–water partition coefficient (Wildman–Crippen LogP) is 6.88. The van der Waals surface area contributed by atoms with E-state index in [1.807, 2.05) is 69.3 Å². The summed E-state index contributed by atoms with van der Waals surface area (Å²) in [5, 5.41) is 14.0. The van der Waals surface area contributed by atoms with Crippen LogP contribution in [0.4, 0.5) is 4.79 Å². The van der Waals surface area contributed by atoms with E-state index >= 15 is 0 Å². The molecule has 0 heterocycles. The van der Waals surface area contributed by atoms with Crippen LogP contribution in [0.3, 0.4) is 0 Å². The third kappa shape index (κ3) is 5.58. The van der Waals surface area contributed by atoms with Gasteiger partial charge in [0.05, 0.1) is 0 Å². The van der Waals surface area contributed by atoms with Crippen molar-refractivity contribution < 1.29 is 14.6 Å². The van der Waals surface area contributed by atoms with E-state index in [9.17, 15) is 9.90 Å². The van der Waals surface area contributed by atoms with Crippen LogP contribution in [-0.2, 0) is 6.42 Å². The Morgan fingerprint density at radius 2 is 1.60 bits per heavy atom. The Morgan fingerprint density at radius 3 is 2.11 bits per heavy atom. The van der Waals surface area contributed by atoms with Crippen LogP contribution in [0.1, 0.15) is 43.4 Å². The van der Waals surface area contributed by atoms with Gasteiger partial charge in [0.15, 0.2) is 0 Å². The van der Waals surface area contributed by atoms with Gasteiger partial charge in [0.2, 0.25) is 0 Å². The molecule has 4 rings (SSSR count). The maximum Gasteiger partial charge on any atom is 0.407 e. The lowest BCUT2D eigenvalue weighted by atomic mass is 9.95. The molecule has 7 heteroatoms. The van der Waals surface area contributed by atoms with Crippen LogP contribution < -0.4 is 4.74 Å². The molecule has 0 aliphatic heterocycles. The number of hydrogen-bond donors (Lipinski definition) is 1. The van der Waals surface area contributed by atoms with E-state index in [0.29, 0.717) is 6.42 Å². The summed E-state index contributed by atoms with van der Waals surface area (Å²) < 4.78 is 5.90. The Bertz CT molecular complexity index is 1200. The summed E-state index contributed by atoms with van der Waals surface area (Å²) in [6.07, 6.45) is -0.602. The summed E-state index contributed by atoms with van der Waals surface area (Å²) >= 11 is 0. The van der Waals surface area contributed by atoms with E-state index in [2.05, 4.69) is 34.3 Å². The number of rotatable bonds is 8. The Labute approximate surface area is 205 Å². The molecule has 1 aliphatic carbocycles. The van der Waals surface area contributed by atoms with E-state index in [0.717, 1.165) is 33.6 Å². The number of nitrogens with zero attached hydrogens (tertiary/aromatic N) is 4. The number of carbonyl (C=O) groups is 1. The number of hydrogen-bond acceptors (Lipinski definition) is 3. The lowest BCUT2D eigenvalue weighted by Crippen LogP contribution is -2.44. The number of fused-ring (bicyclic) bond motifs is 3. The third-order valence-electron chi connectivity index (χ3n) is 6.20. The second kappa shape index (κ2) is 10.1. The van der Waals surface area contributed by atoms with Crippen LogP contribution in [0.5, 0.6) is 5.75 Å². The van der Waals surface area contributed by atoms with Gasteiger partial charge in [-0.2, -0.15) is 0 Å². The van der Waals surface area contributed by atoms with E-state index in [1.165, 1.54) is 4.90 Å². The fourth-order valence-corrected chi connectivity index (χ4v) is 4.76. The highest BCUT2D eigenvalue weighted by Gasteiger charge is 2.33. The van der Waals surface area contributed by atoms with Gasteiger partial charge in [0, 0.05) is 30.0 Å². The molecule has 0 spiro atoms. The van der Waals surface area contributed by atoms with E-state index in [1.54, 1.807) is 0 Å². The summed E-state index contributed by atoms with van der Waals surface area (Å²) in [5.74, 6) is 0.664. The van der Waals surface area contributed by atoms with Crippen LogP contribution in [-0.4, -0.2) is 40.8 Å². The van der Waals surface area contributed by atoms with Crippen LogP contribution in [0.15, 0.2) is 77.9 Å². The molecule has 180 valence electrons. The maximum absolute atomic E-state index is 12.5. The molecular weight excluding hydrogens is 440 g/mol. The first-order valence-electron chi connectivity index (χ1n) is 11.7. The molecule has 1 atom stereocenters. The van der Waals surface area contributed by atoms with Gasteiger partial charge in [-0.05, 0) is 72.7 Å². The molecule has 7 nitrogen and oxygen atoms in total. The number of ether oxygens (including phenoxy) is 1. The third-order valence-corrected chi connectivity index (χ3v) is 6.20. The molecule has 1 amide bonds. The van der Waals surface area contributed by atoms with Gasteiger partial charge < -0.3 is 14.7 Å². The maximum atomic E-state index is 12.5. The van der Waals surface area contributed by atoms with Crippen LogP contribution >= 0.6 is 0 Å². The summed E-state index contributed by atoms with van der Waals surface area (Å²) in [5.41, 5.74) is 14.1. The predicted molar refractivity (Wildman–Crippen MR) is 137 cm³/mol. The van der Waals surface area contributed by atoms with E-state index in [4.69, 9.17) is 10.3 Å². The van der Waals surface area contributed by atoms with Crippen molar-refractivity contribution >= 4 is 6.09 Å². The Kier molecular flexibility index (Phi) is 6.99. The molecular formula is C28H30N4O3.